The number of benzene rings is 1. The summed E-state index contributed by atoms with van der Waals surface area (Å²) < 4.78 is 1.02. The minimum atomic E-state index is -0.0254. The summed E-state index contributed by atoms with van der Waals surface area (Å²) in [6.45, 7) is 1.50. The van der Waals surface area contributed by atoms with Crippen molar-refractivity contribution in [2.24, 2.45) is 0 Å². The van der Waals surface area contributed by atoms with Crippen molar-refractivity contribution >= 4 is 27.6 Å². The maximum Gasteiger partial charge on any atom is 0.322 e. The van der Waals surface area contributed by atoms with Crippen molar-refractivity contribution in [3.05, 3.63) is 28.7 Å². The van der Waals surface area contributed by atoms with E-state index in [1.54, 1.807) is 4.90 Å². The highest BCUT2D eigenvalue weighted by Gasteiger charge is 2.28. The lowest BCUT2D eigenvalue weighted by Gasteiger charge is -2.14. The van der Waals surface area contributed by atoms with Crippen LogP contribution in [-0.2, 0) is 0 Å². The lowest BCUT2D eigenvalue weighted by molar-refractivity contribution is 0.251. The Hall–Kier alpha value is -1.07. The highest BCUT2D eigenvalue weighted by Crippen LogP contribution is 2.20. The average molecular weight is 284 g/mol. The first kappa shape index (κ1) is 11.4. The summed E-state index contributed by atoms with van der Waals surface area (Å²) in [6.07, 6.45) is 0. The van der Waals surface area contributed by atoms with Crippen LogP contribution in [0, 0.1) is 0 Å². The van der Waals surface area contributed by atoms with E-state index >= 15 is 0 Å². The Bertz CT molecular complexity index is 379. The third-order valence-corrected chi connectivity index (χ3v) is 3.09. The van der Waals surface area contributed by atoms with Gasteiger partial charge in [0.25, 0.3) is 0 Å². The SMILES string of the molecule is CNCC1CN(c2ccc(Br)cc2)C(=O)N1. The van der Waals surface area contributed by atoms with Crippen molar-refractivity contribution in [1.29, 1.82) is 0 Å². The van der Waals surface area contributed by atoms with Crippen LogP contribution in [-0.4, -0.2) is 32.2 Å². The maximum absolute atomic E-state index is 11.7. The zero-order chi connectivity index (χ0) is 11.5. The van der Waals surface area contributed by atoms with Gasteiger partial charge in [-0.2, -0.15) is 0 Å². The molecule has 0 spiro atoms. The summed E-state index contributed by atoms with van der Waals surface area (Å²) in [6, 6.07) is 7.91. The van der Waals surface area contributed by atoms with E-state index in [4.69, 9.17) is 0 Å². The molecule has 0 radical (unpaired) electrons. The van der Waals surface area contributed by atoms with Crippen LogP contribution in [0.3, 0.4) is 0 Å². The molecule has 2 N–H and O–H groups in total. The van der Waals surface area contributed by atoms with Crippen LogP contribution in [0.4, 0.5) is 10.5 Å². The van der Waals surface area contributed by atoms with Gasteiger partial charge in [0.05, 0.1) is 6.04 Å². The number of likely N-dealkylation sites (N-methyl/N-ethyl adjacent to an activating group) is 1. The van der Waals surface area contributed by atoms with Crippen molar-refractivity contribution in [1.82, 2.24) is 10.6 Å². The number of nitrogens with one attached hydrogen (secondary N) is 2. The maximum atomic E-state index is 11.7. The second-order valence-corrected chi connectivity index (χ2v) is 4.71. The molecule has 1 heterocycles. The molecule has 2 rings (SSSR count). The molecule has 1 atom stereocenters. The van der Waals surface area contributed by atoms with Crippen LogP contribution in [0.5, 0.6) is 0 Å². The minimum Gasteiger partial charge on any atom is -0.332 e. The number of halogens is 1. The molecule has 16 heavy (non-hydrogen) atoms. The molecule has 0 aromatic heterocycles. The second kappa shape index (κ2) is 4.84. The topological polar surface area (TPSA) is 44.4 Å². The van der Waals surface area contributed by atoms with Gasteiger partial charge in [0.15, 0.2) is 0 Å². The summed E-state index contributed by atoms with van der Waals surface area (Å²) >= 11 is 3.38. The van der Waals surface area contributed by atoms with Crippen molar-refractivity contribution in [3.8, 4) is 0 Å². The summed E-state index contributed by atoms with van der Waals surface area (Å²) in [5, 5.41) is 5.99. The van der Waals surface area contributed by atoms with Crippen molar-refractivity contribution in [2.45, 2.75) is 6.04 Å². The van der Waals surface area contributed by atoms with Gasteiger partial charge in [0.2, 0.25) is 0 Å². The molecule has 2 amide bonds. The molecule has 1 saturated heterocycles. The van der Waals surface area contributed by atoms with Gasteiger partial charge in [0, 0.05) is 23.2 Å². The molecule has 1 fully saturated rings. The van der Waals surface area contributed by atoms with Crippen LogP contribution < -0.4 is 15.5 Å². The molecule has 1 aliphatic rings. The van der Waals surface area contributed by atoms with E-state index in [0.717, 1.165) is 16.7 Å². The number of nitrogens with zero attached hydrogens (tertiary/aromatic N) is 1. The molecule has 1 aliphatic heterocycles. The number of rotatable bonds is 3. The Balaban J connectivity index is 2.10. The van der Waals surface area contributed by atoms with Crippen LogP contribution in [0.25, 0.3) is 0 Å². The van der Waals surface area contributed by atoms with Gasteiger partial charge < -0.3 is 10.6 Å². The predicted molar refractivity (Wildman–Crippen MR) is 67.7 cm³/mol. The molecule has 1 unspecified atom stereocenters. The normalized spacial score (nSPS) is 20.0. The van der Waals surface area contributed by atoms with Gasteiger partial charge in [-0.15, -0.1) is 0 Å². The van der Waals surface area contributed by atoms with Crippen LogP contribution in [0.2, 0.25) is 0 Å². The predicted octanol–water partition coefficient (Wildman–Crippen LogP) is 1.57. The smallest absolute Gasteiger partial charge is 0.322 e. The van der Waals surface area contributed by atoms with Crippen molar-refractivity contribution in [3.63, 3.8) is 0 Å². The molecular weight excluding hydrogens is 270 g/mol. The van der Waals surface area contributed by atoms with E-state index in [9.17, 15) is 4.79 Å². The largest absolute Gasteiger partial charge is 0.332 e. The molecule has 1 aromatic rings. The minimum absolute atomic E-state index is 0.0254. The first-order valence-electron chi connectivity index (χ1n) is 5.19. The third-order valence-electron chi connectivity index (χ3n) is 2.56. The number of carbonyl (C=O) groups excluding carboxylic acids is 1. The van der Waals surface area contributed by atoms with E-state index in [-0.39, 0.29) is 12.1 Å². The Morgan fingerprint density at radius 2 is 2.19 bits per heavy atom. The van der Waals surface area contributed by atoms with Gasteiger partial charge in [-0.3, -0.25) is 4.90 Å². The lowest BCUT2D eigenvalue weighted by atomic mass is 10.2. The Labute approximate surface area is 103 Å². The number of hydrogen-bond acceptors (Lipinski definition) is 2. The first-order valence-corrected chi connectivity index (χ1v) is 5.98. The number of carbonyl (C=O) groups is 1. The number of amides is 2. The summed E-state index contributed by atoms with van der Waals surface area (Å²) in [5.41, 5.74) is 0.930. The van der Waals surface area contributed by atoms with Crippen LogP contribution >= 0.6 is 15.9 Å². The summed E-state index contributed by atoms with van der Waals surface area (Å²) in [4.78, 5) is 13.5. The second-order valence-electron chi connectivity index (χ2n) is 3.79. The van der Waals surface area contributed by atoms with Crippen LogP contribution in [0.1, 0.15) is 0 Å². The quantitative estimate of drug-likeness (QED) is 0.885. The number of anilines is 1. The van der Waals surface area contributed by atoms with Gasteiger partial charge in [-0.05, 0) is 31.3 Å². The molecule has 0 bridgehead atoms. The highest BCUT2D eigenvalue weighted by molar-refractivity contribution is 9.10. The fraction of sp³-hybridized carbons (Fsp3) is 0.364. The Morgan fingerprint density at radius 1 is 1.50 bits per heavy atom. The van der Waals surface area contributed by atoms with Crippen LogP contribution in [0.15, 0.2) is 28.7 Å². The molecule has 86 valence electrons. The zero-order valence-corrected chi connectivity index (χ0v) is 10.6. The zero-order valence-electron chi connectivity index (χ0n) is 9.03. The highest BCUT2D eigenvalue weighted by atomic mass is 79.9. The standard InChI is InChI=1S/C11H14BrN3O/c1-13-6-9-7-15(11(16)14-9)10-4-2-8(12)3-5-10/h2-5,9,13H,6-7H2,1H3,(H,14,16). The summed E-state index contributed by atoms with van der Waals surface area (Å²) in [5.74, 6) is 0. The molecule has 0 aliphatic carbocycles. The van der Waals surface area contributed by atoms with Gasteiger partial charge in [-0.25, -0.2) is 4.79 Å². The molecule has 5 heteroatoms. The van der Waals surface area contributed by atoms with E-state index in [2.05, 4.69) is 26.6 Å². The summed E-state index contributed by atoms with van der Waals surface area (Å²) in [7, 11) is 1.88. The van der Waals surface area contributed by atoms with Gasteiger partial charge >= 0.3 is 6.03 Å². The monoisotopic (exact) mass is 283 g/mol. The van der Waals surface area contributed by atoms with E-state index in [0.29, 0.717) is 6.54 Å². The fourth-order valence-corrected chi connectivity index (χ4v) is 2.07. The number of urea groups is 1. The first-order chi connectivity index (χ1) is 7.70. The van der Waals surface area contributed by atoms with Crippen molar-refractivity contribution < 1.29 is 4.79 Å². The lowest BCUT2D eigenvalue weighted by Crippen LogP contribution is -2.35. The molecule has 4 nitrogen and oxygen atoms in total. The van der Waals surface area contributed by atoms with Gasteiger partial charge in [-0.1, -0.05) is 15.9 Å². The molecule has 0 saturated carbocycles. The van der Waals surface area contributed by atoms with E-state index < -0.39 is 0 Å². The van der Waals surface area contributed by atoms with E-state index in [1.165, 1.54) is 0 Å². The average Bonchev–Trinajstić information content (AvgIpc) is 2.61. The fourth-order valence-electron chi connectivity index (χ4n) is 1.81. The molecule has 1 aromatic carbocycles. The van der Waals surface area contributed by atoms with E-state index in [1.807, 2.05) is 31.3 Å². The van der Waals surface area contributed by atoms with Gasteiger partial charge in [0.1, 0.15) is 0 Å². The molecular formula is C11H14BrN3O. The Kier molecular flexibility index (Phi) is 3.46. The third kappa shape index (κ3) is 2.36. The Morgan fingerprint density at radius 3 is 2.81 bits per heavy atom. The number of hydrogen-bond donors (Lipinski definition) is 2. The van der Waals surface area contributed by atoms with Crippen molar-refractivity contribution in [2.75, 3.05) is 25.0 Å².